The van der Waals surface area contributed by atoms with Crippen LogP contribution in [0.5, 0.6) is 0 Å². The summed E-state index contributed by atoms with van der Waals surface area (Å²) in [4.78, 5) is 11.6. The molecule has 2 N–H and O–H groups in total. The van der Waals surface area contributed by atoms with Crippen molar-refractivity contribution in [2.45, 2.75) is 19.3 Å². The van der Waals surface area contributed by atoms with Gasteiger partial charge in [0.05, 0.1) is 5.92 Å². The lowest BCUT2D eigenvalue weighted by atomic mass is 9.78. The second kappa shape index (κ2) is 3.98. The van der Waals surface area contributed by atoms with Crippen molar-refractivity contribution >= 4 is 5.91 Å². The van der Waals surface area contributed by atoms with E-state index in [1.54, 1.807) is 0 Å². The molecule has 0 spiro atoms. The second-order valence-corrected chi connectivity index (χ2v) is 4.91. The predicted octanol–water partition coefficient (Wildman–Crippen LogP) is 2.79. The van der Waals surface area contributed by atoms with E-state index in [9.17, 15) is 4.79 Å². The Morgan fingerprint density at radius 2 is 1.94 bits per heavy atom. The Balaban J connectivity index is 2.26. The van der Waals surface area contributed by atoms with E-state index >= 15 is 0 Å². The molecule has 2 nitrogen and oxygen atoms in total. The molecule has 90 valence electrons. The number of fused-ring (bicyclic) bond motifs is 3. The molecule has 3 rings (SSSR count). The molecule has 1 amide bonds. The van der Waals surface area contributed by atoms with Gasteiger partial charge in [0.15, 0.2) is 0 Å². The van der Waals surface area contributed by atoms with Crippen molar-refractivity contribution in [1.82, 2.24) is 0 Å². The standard InChI is InChI=1S/C16H15NO/c1-10-6-7-11-9-15(16(17)18)13-5-3-2-4-12(13)14(11)8-10/h2-8,15H,9H2,1H3,(H2,17,18). The Hall–Kier alpha value is -2.09. The number of primary amides is 1. The van der Waals surface area contributed by atoms with Gasteiger partial charge < -0.3 is 5.73 Å². The first-order valence-electron chi connectivity index (χ1n) is 6.15. The van der Waals surface area contributed by atoms with Crippen LogP contribution >= 0.6 is 0 Å². The molecular formula is C16H15NO. The van der Waals surface area contributed by atoms with Crippen LogP contribution in [0.2, 0.25) is 0 Å². The van der Waals surface area contributed by atoms with Crippen LogP contribution in [-0.2, 0) is 11.2 Å². The van der Waals surface area contributed by atoms with Crippen molar-refractivity contribution in [3.63, 3.8) is 0 Å². The summed E-state index contributed by atoms with van der Waals surface area (Å²) >= 11 is 0. The molecule has 1 atom stereocenters. The number of hydrogen-bond donors (Lipinski definition) is 1. The Kier molecular flexibility index (Phi) is 2.44. The first-order valence-corrected chi connectivity index (χ1v) is 6.15. The van der Waals surface area contributed by atoms with E-state index in [0.29, 0.717) is 6.42 Å². The summed E-state index contributed by atoms with van der Waals surface area (Å²) in [7, 11) is 0. The van der Waals surface area contributed by atoms with E-state index in [4.69, 9.17) is 5.73 Å². The van der Waals surface area contributed by atoms with Crippen LogP contribution in [-0.4, -0.2) is 5.91 Å². The summed E-state index contributed by atoms with van der Waals surface area (Å²) in [6.07, 6.45) is 0.710. The summed E-state index contributed by atoms with van der Waals surface area (Å²) in [5, 5.41) is 0. The van der Waals surface area contributed by atoms with E-state index in [1.165, 1.54) is 16.7 Å². The lowest BCUT2D eigenvalue weighted by molar-refractivity contribution is -0.119. The van der Waals surface area contributed by atoms with Crippen LogP contribution in [0.15, 0.2) is 42.5 Å². The summed E-state index contributed by atoms with van der Waals surface area (Å²) < 4.78 is 0. The topological polar surface area (TPSA) is 43.1 Å². The average molecular weight is 237 g/mol. The number of aryl methyl sites for hydroxylation is 1. The van der Waals surface area contributed by atoms with Crippen LogP contribution in [0.4, 0.5) is 0 Å². The van der Waals surface area contributed by atoms with Crippen LogP contribution < -0.4 is 5.73 Å². The zero-order chi connectivity index (χ0) is 12.7. The average Bonchev–Trinajstić information content (AvgIpc) is 2.37. The molecule has 1 unspecified atom stereocenters. The van der Waals surface area contributed by atoms with Gasteiger partial charge in [-0.25, -0.2) is 0 Å². The third-order valence-electron chi connectivity index (χ3n) is 3.66. The van der Waals surface area contributed by atoms with Crippen molar-refractivity contribution in [2.24, 2.45) is 5.73 Å². The fourth-order valence-corrected chi connectivity index (χ4v) is 2.75. The lowest BCUT2D eigenvalue weighted by Gasteiger charge is -2.26. The minimum absolute atomic E-state index is 0.198. The van der Waals surface area contributed by atoms with Gasteiger partial charge in [-0.2, -0.15) is 0 Å². The third-order valence-corrected chi connectivity index (χ3v) is 3.66. The number of carbonyl (C=O) groups is 1. The SMILES string of the molecule is Cc1ccc2c(c1)-c1ccccc1C(C(N)=O)C2. The molecule has 0 saturated heterocycles. The maximum Gasteiger partial charge on any atom is 0.225 e. The molecule has 0 aliphatic heterocycles. The monoisotopic (exact) mass is 237 g/mol. The molecule has 2 heteroatoms. The van der Waals surface area contributed by atoms with Gasteiger partial charge in [-0.15, -0.1) is 0 Å². The first-order chi connectivity index (χ1) is 8.66. The largest absolute Gasteiger partial charge is 0.369 e. The number of amides is 1. The molecule has 2 aromatic carbocycles. The number of carbonyl (C=O) groups excluding carboxylic acids is 1. The van der Waals surface area contributed by atoms with Gasteiger partial charge >= 0.3 is 0 Å². The highest BCUT2D eigenvalue weighted by atomic mass is 16.1. The van der Waals surface area contributed by atoms with Gasteiger partial charge in [0.25, 0.3) is 0 Å². The highest BCUT2D eigenvalue weighted by Gasteiger charge is 2.27. The number of nitrogens with two attached hydrogens (primary N) is 1. The van der Waals surface area contributed by atoms with Crippen LogP contribution in [0.1, 0.15) is 22.6 Å². The fraction of sp³-hybridized carbons (Fsp3) is 0.188. The third kappa shape index (κ3) is 1.61. The molecule has 0 heterocycles. The van der Waals surface area contributed by atoms with E-state index < -0.39 is 0 Å². The molecule has 1 aliphatic rings. The molecule has 0 aromatic heterocycles. The minimum Gasteiger partial charge on any atom is -0.369 e. The zero-order valence-electron chi connectivity index (χ0n) is 10.3. The Morgan fingerprint density at radius 1 is 1.17 bits per heavy atom. The quantitative estimate of drug-likeness (QED) is 0.814. The highest BCUT2D eigenvalue weighted by Crippen LogP contribution is 2.39. The number of benzene rings is 2. The summed E-state index contributed by atoms with van der Waals surface area (Å²) in [6.45, 7) is 2.09. The molecule has 0 fully saturated rings. The second-order valence-electron chi connectivity index (χ2n) is 4.91. The molecule has 0 bridgehead atoms. The molecule has 0 saturated carbocycles. The van der Waals surface area contributed by atoms with Gasteiger partial charge in [0.2, 0.25) is 5.91 Å². The molecule has 18 heavy (non-hydrogen) atoms. The zero-order valence-corrected chi connectivity index (χ0v) is 10.3. The Labute approximate surface area is 106 Å². The van der Waals surface area contributed by atoms with Gasteiger partial charge in [-0.3, -0.25) is 4.79 Å². The van der Waals surface area contributed by atoms with E-state index in [-0.39, 0.29) is 11.8 Å². The van der Waals surface area contributed by atoms with E-state index in [0.717, 1.165) is 11.1 Å². The van der Waals surface area contributed by atoms with Gasteiger partial charge in [-0.1, -0.05) is 48.0 Å². The van der Waals surface area contributed by atoms with Crippen LogP contribution in [0.3, 0.4) is 0 Å². The van der Waals surface area contributed by atoms with Crippen molar-refractivity contribution in [3.8, 4) is 11.1 Å². The number of hydrogen-bond acceptors (Lipinski definition) is 1. The summed E-state index contributed by atoms with van der Waals surface area (Å²) in [5.41, 5.74) is 11.4. The van der Waals surface area contributed by atoms with Gasteiger partial charge in [0.1, 0.15) is 0 Å². The maximum absolute atomic E-state index is 11.6. The van der Waals surface area contributed by atoms with Crippen molar-refractivity contribution in [2.75, 3.05) is 0 Å². The van der Waals surface area contributed by atoms with E-state index in [1.807, 2.05) is 18.2 Å². The van der Waals surface area contributed by atoms with Crippen molar-refractivity contribution in [3.05, 3.63) is 59.2 Å². The summed E-state index contributed by atoms with van der Waals surface area (Å²) in [6, 6.07) is 14.4. The maximum atomic E-state index is 11.6. The van der Waals surface area contributed by atoms with Crippen LogP contribution in [0, 0.1) is 6.92 Å². The predicted molar refractivity (Wildman–Crippen MR) is 72.3 cm³/mol. The molecule has 1 aliphatic carbocycles. The Bertz CT molecular complexity index is 631. The molecular weight excluding hydrogens is 222 g/mol. The Morgan fingerprint density at radius 3 is 2.72 bits per heavy atom. The number of rotatable bonds is 1. The molecule has 0 radical (unpaired) electrons. The van der Waals surface area contributed by atoms with E-state index in [2.05, 4.69) is 31.2 Å². The summed E-state index contributed by atoms with van der Waals surface area (Å²) in [5.74, 6) is -0.440. The minimum atomic E-state index is -0.242. The van der Waals surface area contributed by atoms with Crippen LogP contribution in [0.25, 0.3) is 11.1 Å². The smallest absolute Gasteiger partial charge is 0.225 e. The normalized spacial score (nSPS) is 16.8. The lowest BCUT2D eigenvalue weighted by Crippen LogP contribution is -2.26. The van der Waals surface area contributed by atoms with Gasteiger partial charge in [-0.05, 0) is 35.6 Å². The fourth-order valence-electron chi connectivity index (χ4n) is 2.75. The highest BCUT2D eigenvalue weighted by molar-refractivity contribution is 5.88. The first kappa shape index (κ1) is 11.0. The van der Waals surface area contributed by atoms with Crippen molar-refractivity contribution < 1.29 is 4.79 Å². The van der Waals surface area contributed by atoms with Gasteiger partial charge in [0, 0.05) is 0 Å². The van der Waals surface area contributed by atoms with Crippen molar-refractivity contribution in [1.29, 1.82) is 0 Å². The molecule has 2 aromatic rings.